The summed E-state index contributed by atoms with van der Waals surface area (Å²) in [6.45, 7) is 4.24. The third-order valence-corrected chi connectivity index (χ3v) is 2.20. The van der Waals surface area contributed by atoms with E-state index in [-0.39, 0.29) is 0 Å². The van der Waals surface area contributed by atoms with Crippen molar-refractivity contribution < 1.29 is 14.3 Å². The van der Waals surface area contributed by atoms with Crippen LogP contribution in [0, 0.1) is 11.3 Å². The fourth-order valence-corrected chi connectivity index (χ4v) is 1.25. The highest BCUT2D eigenvalue weighted by Gasteiger charge is 1.97. The van der Waals surface area contributed by atoms with Crippen LogP contribution in [-0.4, -0.2) is 19.2 Å². The average Bonchev–Trinajstić information content (AvgIpc) is 2.43. The minimum atomic E-state index is -0.400. The standard InChI is InChI=1S/C14H15NO3/c1-2-14(16)18-10-4-3-9-17-13-7-5-12(11-15)6-8-13/h2,5-8H,1,3-4,9-10H2. The fraction of sp³-hybridized carbons (Fsp3) is 0.286. The van der Waals surface area contributed by atoms with Gasteiger partial charge in [0.05, 0.1) is 24.8 Å². The number of ether oxygens (including phenoxy) is 2. The molecule has 1 aromatic carbocycles. The lowest BCUT2D eigenvalue weighted by Crippen LogP contribution is -2.04. The van der Waals surface area contributed by atoms with Gasteiger partial charge in [-0.15, -0.1) is 0 Å². The van der Waals surface area contributed by atoms with Crippen LogP contribution in [0.5, 0.6) is 5.75 Å². The summed E-state index contributed by atoms with van der Waals surface area (Å²) in [7, 11) is 0. The lowest BCUT2D eigenvalue weighted by Gasteiger charge is -2.06. The number of nitriles is 1. The number of unbranched alkanes of at least 4 members (excludes halogenated alkanes) is 1. The molecular formula is C14H15NO3. The lowest BCUT2D eigenvalue weighted by molar-refractivity contribution is -0.137. The Morgan fingerprint density at radius 3 is 2.56 bits per heavy atom. The molecule has 0 N–H and O–H groups in total. The van der Waals surface area contributed by atoms with Crippen LogP contribution in [0.25, 0.3) is 0 Å². The summed E-state index contributed by atoms with van der Waals surface area (Å²) in [4.78, 5) is 10.7. The summed E-state index contributed by atoms with van der Waals surface area (Å²) in [6, 6.07) is 8.98. The summed E-state index contributed by atoms with van der Waals surface area (Å²) >= 11 is 0. The van der Waals surface area contributed by atoms with Crippen LogP contribution in [0.1, 0.15) is 18.4 Å². The van der Waals surface area contributed by atoms with E-state index >= 15 is 0 Å². The third-order valence-electron chi connectivity index (χ3n) is 2.20. The van der Waals surface area contributed by atoms with Crippen LogP contribution >= 0.6 is 0 Å². The molecule has 0 aliphatic rings. The third kappa shape index (κ3) is 5.17. The zero-order chi connectivity index (χ0) is 13.2. The molecule has 0 unspecified atom stereocenters. The van der Waals surface area contributed by atoms with Crippen molar-refractivity contribution in [1.29, 1.82) is 5.26 Å². The van der Waals surface area contributed by atoms with E-state index in [1.165, 1.54) is 0 Å². The summed E-state index contributed by atoms with van der Waals surface area (Å²) in [5.41, 5.74) is 0.610. The predicted molar refractivity (Wildman–Crippen MR) is 67.0 cm³/mol. The van der Waals surface area contributed by atoms with Crippen molar-refractivity contribution in [2.24, 2.45) is 0 Å². The molecule has 0 aromatic heterocycles. The Bertz CT molecular complexity index is 431. The fourth-order valence-electron chi connectivity index (χ4n) is 1.25. The zero-order valence-electron chi connectivity index (χ0n) is 10.1. The molecule has 0 bridgehead atoms. The Kier molecular flexibility index (Phi) is 6.05. The largest absolute Gasteiger partial charge is 0.494 e. The minimum Gasteiger partial charge on any atom is -0.494 e. The number of hydrogen-bond acceptors (Lipinski definition) is 4. The number of nitrogens with zero attached hydrogens (tertiary/aromatic N) is 1. The first-order valence-corrected chi connectivity index (χ1v) is 5.68. The maximum atomic E-state index is 10.7. The van der Waals surface area contributed by atoms with E-state index in [4.69, 9.17) is 14.7 Å². The van der Waals surface area contributed by atoms with Crippen LogP contribution in [-0.2, 0) is 9.53 Å². The molecule has 0 spiro atoms. The Balaban J connectivity index is 2.12. The molecule has 1 aromatic rings. The van der Waals surface area contributed by atoms with Gasteiger partial charge in [-0.1, -0.05) is 6.58 Å². The molecule has 4 heteroatoms. The highest BCUT2D eigenvalue weighted by Crippen LogP contribution is 2.11. The van der Waals surface area contributed by atoms with E-state index in [1.807, 2.05) is 6.07 Å². The van der Waals surface area contributed by atoms with Crippen LogP contribution in [0.4, 0.5) is 0 Å². The van der Waals surface area contributed by atoms with E-state index in [0.717, 1.165) is 24.7 Å². The smallest absolute Gasteiger partial charge is 0.330 e. The van der Waals surface area contributed by atoms with E-state index in [2.05, 4.69) is 6.58 Å². The lowest BCUT2D eigenvalue weighted by atomic mass is 10.2. The van der Waals surface area contributed by atoms with Crippen molar-refractivity contribution in [1.82, 2.24) is 0 Å². The highest BCUT2D eigenvalue weighted by atomic mass is 16.5. The van der Waals surface area contributed by atoms with Crippen LogP contribution in [0.2, 0.25) is 0 Å². The first-order valence-electron chi connectivity index (χ1n) is 5.68. The van der Waals surface area contributed by atoms with Gasteiger partial charge in [0.1, 0.15) is 5.75 Å². The van der Waals surface area contributed by atoms with E-state index < -0.39 is 5.97 Å². The van der Waals surface area contributed by atoms with Crippen LogP contribution < -0.4 is 4.74 Å². The molecule has 0 radical (unpaired) electrons. The molecule has 0 aliphatic heterocycles. The second-order valence-corrected chi connectivity index (χ2v) is 3.56. The van der Waals surface area contributed by atoms with Crippen LogP contribution in [0.15, 0.2) is 36.9 Å². The van der Waals surface area contributed by atoms with E-state index in [1.54, 1.807) is 24.3 Å². The quantitative estimate of drug-likeness (QED) is 0.420. The first-order chi connectivity index (χ1) is 8.76. The Morgan fingerprint density at radius 2 is 1.94 bits per heavy atom. The van der Waals surface area contributed by atoms with Gasteiger partial charge in [-0.25, -0.2) is 4.79 Å². The van der Waals surface area contributed by atoms with Gasteiger partial charge in [0.2, 0.25) is 0 Å². The molecule has 0 fully saturated rings. The normalized spacial score (nSPS) is 9.28. The van der Waals surface area contributed by atoms with Gasteiger partial charge in [-0.2, -0.15) is 5.26 Å². The molecule has 0 atom stereocenters. The summed E-state index contributed by atoms with van der Waals surface area (Å²) in [5, 5.41) is 8.63. The predicted octanol–water partition coefficient (Wildman–Crippen LogP) is 2.45. The maximum absolute atomic E-state index is 10.7. The second-order valence-electron chi connectivity index (χ2n) is 3.56. The van der Waals surface area contributed by atoms with Crippen molar-refractivity contribution in [3.8, 4) is 11.8 Å². The zero-order valence-corrected chi connectivity index (χ0v) is 10.1. The Morgan fingerprint density at radius 1 is 1.28 bits per heavy atom. The minimum absolute atomic E-state index is 0.377. The molecule has 0 saturated heterocycles. The number of esters is 1. The average molecular weight is 245 g/mol. The highest BCUT2D eigenvalue weighted by molar-refractivity contribution is 5.81. The van der Waals surface area contributed by atoms with Gasteiger partial charge in [0.15, 0.2) is 0 Å². The second kappa shape index (κ2) is 7.91. The number of carbonyl (C=O) groups is 1. The summed E-state index contributed by atoms with van der Waals surface area (Å²) < 4.78 is 10.3. The van der Waals surface area contributed by atoms with Crippen molar-refractivity contribution in [2.45, 2.75) is 12.8 Å². The van der Waals surface area contributed by atoms with E-state index in [0.29, 0.717) is 18.8 Å². The summed E-state index contributed by atoms with van der Waals surface area (Å²) in [6.07, 6.45) is 2.69. The molecule has 1 rings (SSSR count). The van der Waals surface area contributed by atoms with Crippen molar-refractivity contribution in [3.63, 3.8) is 0 Å². The SMILES string of the molecule is C=CC(=O)OCCCCOc1ccc(C#N)cc1. The van der Waals surface area contributed by atoms with Crippen molar-refractivity contribution >= 4 is 5.97 Å². The van der Waals surface area contributed by atoms with Crippen LogP contribution in [0.3, 0.4) is 0 Å². The molecular weight excluding hydrogens is 230 g/mol. The van der Waals surface area contributed by atoms with Gasteiger partial charge >= 0.3 is 5.97 Å². The first kappa shape index (κ1) is 13.8. The van der Waals surface area contributed by atoms with Gasteiger partial charge in [-0.3, -0.25) is 0 Å². The molecule has 0 amide bonds. The molecule has 94 valence electrons. The van der Waals surface area contributed by atoms with Crippen molar-refractivity contribution in [2.75, 3.05) is 13.2 Å². The molecule has 18 heavy (non-hydrogen) atoms. The number of hydrogen-bond donors (Lipinski definition) is 0. The molecule has 4 nitrogen and oxygen atoms in total. The number of carbonyl (C=O) groups excluding carboxylic acids is 1. The Hall–Kier alpha value is -2.28. The molecule has 0 saturated carbocycles. The summed E-state index contributed by atoms with van der Waals surface area (Å²) in [5.74, 6) is 0.333. The number of rotatable bonds is 7. The van der Waals surface area contributed by atoms with Gasteiger partial charge in [0, 0.05) is 6.08 Å². The topological polar surface area (TPSA) is 59.3 Å². The number of benzene rings is 1. The van der Waals surface area contributed by atoms with Crippen molar-refractivity contribution in [3.05, 3.63) is 42.5 Å². The molecule has 0 heterocycles. The van der Waals surface area contributed by atoms with Gasteiger partial charge < -0.3 is 9.47 Å². The Labute approximate surface area is 106 Å². The van der Waals surface area contributed by atoms with Gasteiger partial charge in [-0.05, 0) is 37.1 Å². The van der Waals surface area contributed by atoms with E-state index in [9.17, 15) is 4.79 Å². The monoisotopic (exact) mass is 245 g/mol. The maximum Gasteiger partial charge on any atom is 0.330 e. The molecule has 0 aliphatic carbocycles. The van der Waals surface area contributed by atoms with Gasteiger partial charge in [0.25, 0.3) is 0 Å².